The van der Waals surface area contributed by atoms with Crippen LogP contribution in [0.15, 0.2) is 18.2 Å². The van der Waals surface area contributed by atoms with Gasteiger partial charge >= 0.3 is 5.97 Å². The minimum absolute atomic E-state index is 0.0527. The summed E-state index contributed by atoms with van der Waals surface area (Å²) in [7, 11) is 0. The van der Waals surface area contributed by atoms with E-state index in [-0.39, 0.29) is 29.5 Å². The molecular weight excluding hydrogens is 291 g/mol. The molecule has 3 N–H and O–H groups in total. The Bertz CT molecular complexity index is 587. The van der Waals surface area contributed by atoms with Gasteiger partial charge in [0.25, 0.3) is 5.91 Å². The van der Waals surface area contributed by atoms with E-state index in [9.17, 15) is 18.8 Å². The molecule has 0 aliphatic carbocycles. The first kappa shape index (κ1) is 17.6. The summed E-state index contributed by atoms with van der Waals surface area (Å²) in [6, 6.07) is 2.42. The van der Waals surface area contributed by atoms with Crippen molar-refractivity contribution >= 4 is 23.5 Å². The SMILES string of the molecule is CC(=O)Nc1ccc(F)c(C(=O)N[C@@H](CC(C)C)C(=O)O)c1. The Balaban J connectivity index is 2.96. The number of nitrogens with one attached hydrogen (secondary N) is 2. The number of rotatable bonds is 6. The summed E-state index contributed by atoms with van der Waals surface area (Å²) in [4.78, 5) is 34.2. The smallest absolute Gasteiger partial charge is 0.326 e. The monoisotopic (exact) mass is 310 g/mol. The molecule has 6 nitrogen and oxygen atoms in total. The van der Waals surface area contributed by atoms with Crippen molar-refractivity contribution in [3.8, 4) is 0 Å². The number of hydrogen-bond donors (Lipinski definition) is 3. The third kappa shape index (κ3) is 5.16. The highest BCUT2D eigenvalue weighted by Gasteiger charge is 2.23. The van der Waals surface area contributed by atoms with Crippen molar-refractivity contribution in [2.75, 3.05) is 5.32 Å². The highest BCUT2D eigenvalue weighted by molar-refractivity contribution is 5.98. The number of anilines is 1. The lowest BCUT2D eigenvalue weighted by Crippen LogP contribution is -2.41. The number of carboxylic acid groups (broad SMARTS) is 1. The van der Waals surface area contributed by atoms with E-state index in [1.54, 1.807) is 0 Å². The third-order valence-electron chi connectivity index (χ3n) is 2.84. The van der Waals surface area contributed by atoms with Crippen LogP contribution in [0, 0.1) is 11.7 Å². The molecule has 0 radical (unpaired) electrons. The summed E-state index contributed by atoms with van der Waals surface area (Å²) in [6.07, 6.45) is 0.230. The van der Waals surface area contributed by atoms with E-state index in [0.29, 0.717) is 0 Å². The summed E-state index contributed by atoms with van der Waals surface area (Å²) in [6.45, 7) is 4.92. The molecule has 0 bridgehead atoms. The Morgan fingerprint density at radius 2 is 1.91 bits per heavy atom. The molecule has 0 unspecified atom stereocenters. The minimum atomic E-state index is -1.18. The van der Waals surface area contributed by atoms with E-state index in [0.717, 1.165) is 6.07 Å². The second kappa shape index (κ2) is 7.53. The predicted octanol–water partition coefficient (Wildman–Crippen LogP) is 2.01. The molecular formula is C15H19FN2O4. The van der Waals surface area contributed by atoms with Gasteiger partial charge in [0.15, 0.2) is 0 Å². The van der Waals surface area contributed by atoms with Crippen molar-refractivity contribution in [2.24, 2.45) is 5.92 Å². The van der Waals surface area contributed by atoms with Gasteiger partial charge in [0.2, 0.25) is 5.91 Å². The fourth-order valence-electron chi connectivity index (χ4n) is 1.91. The van der Waals surface area contributed by atoms with Crippen LogP contribution >= 0.6 is 0 Å². The Labute approximate surface area is 127 Å². The average molecular weight is 310 g/mol. The van der Waals surface area contributed by atoms with Crippen molar-refractivity contribution in [1.82, 2.24) is 5.32 Å². The van der Waals surface area contributed by atoms with Crippen LogP contribution in [-0.2, 0) is 9.59 Å². The summed E-state index contributed by atoms with van der Waals surface area (Å²) in [5, 5.41) is 13.8. The Kier molecular flexibility index (Phi) is 6.03. The lowest BCUT2D eigenvalue weighted by Gasteiger charge is -2.17. The fraction of sp³-hybridized carbons (Fsp3) is 0.400. The zero-order valence-corrected chi connectivity index (χ0v) is 12.6. The predicted molar refractivity (Wildman–Crippen MR) is 79.0 cm³/mol. The summed E-state index contributed by atoms with van der Waals surface area (Å²) < 4.78 is 13.8. The Morgan fingerprint density at radius 1 is 1.27 bits per heavy atom. The maximum absolute atomic E-state index is 13.8. The number of carbonyl (C=O) groups is 3. The highest BCUT2D eigenvalue weighted by Crippen LogP contribution is 2.16. The largest absolute Gasteiger partial charge is 0.480 e. The second-order valence-corrected chi connectivity index (χ2v) is 5.37. The van der Waals surface area contributed by atoms with Crippen molar-refractivity contribution in [1.29, 1.82) is 0 Å². The molecule has 0 saturated heterocycles. The van der Waals surface area contributed by atoms with Crippen molar-refractivity contribution in [3.63, 3.8) is 0 Å². The number of aliphatic carboxylic acids is 1. The van der Waals surface area contributed by atoms with E-state index < -0.39 is 23.7 Å². The van der Waals surface area contributed by atoms with Crippen LogP contribution < -0.4 is 10.6 Å². The Hall–Kier alpha value is -2.44. The van der Waals surface area contributed by atoms with Gasteiger partial charge in [0, 0.05) is 12.6 Å². The molecule has 0 spiro atoms. The van der Waals surface area contributed by atoms with Gasteiger partial charge in [-0.2, -0.15) is 0 Å². The molecule has 0 saturated carbocycles. The summed E-state index contributed by atoms with van der Waals surface area (Å²) in [5.41, 5.74) is -0.0592. The van der Waals surface area contributed by atoms with E-state index in [1.165, 1.54) is 19.1 Å². The van der Waals surface area contributed by atoms with Crippen LogP contribution in [0.2, 0.25) is 0 Å². The number of amides is 2. The van der Waals surface area contributed by atoms with Crippen LogP contribution in [0.1, 0.15) is 37.6 Å². The van der Waals surface area contributed by atoms with E-state index >= 15 is 0 Å². The number of carboxylic acids is 1. The van der Waals surface area contributed by atoms with Gasteiger partial charge in [-0.15, -0.1) is 0 Å². The van der Waals surface area contributed by atoms with Gasteiger partial charge in [-0.3, -0.25) is 9.59 Å². The van der Waals surface area contributed by atoms with Crippen LogP contribution in [0.5, 0.6) is 0 Å². The van der Waals surface area contributed by atoms with E-state index in [2.05, 4.69) is 10.6 Å². The van der Waals surface area contributed by atoms with Crippen LogP contribution in [0.3, 0.4) is 0 Å². The van der Waals surface area contributed by atoms with Gasteiger partial charge in [-0.25, -0.2) is 9.18 Å². The Morgan fingerprint density at radius 3 is 2.41 bits per heavy atom. The minimum Gasteiger partial charge on any atom is -0.480 e. The summed E-state index contributed by atoms with van der Waals surface area (Å²) >= 11 is 0. The highest BCUT2D eigenvalue weighted by atomic mass is 19.1. The van der Waals surface area contributed by atoms with Crippen molar-refractivity contribution < 1.29 is 23.9 Å². The van der Waals surface area contributed by atoms with Gasteiger partial charge in [0.05, 0.1) is 5.56 Å². The first-order valence-electron chi connectivity index (χ1n) is 6.81. The zero-order chi connectivity index (χ0) is 16.9. The first-order valence-corrected chi connectivity index (χ1v) is 6.81. The molecule has 0 aromatic heterocycles. The fourth-order valence-corrected chi connectivity index (χ4v) is 1.91. The van der Waals surface area contributed by atoms with Gasteiger partial charge in [-0.1, -0.05) is 13.8 Å². The molecule has 22 heavy (non-hydrogen) atoms. The molecule has 1 rings (SSSR count). The maximum atomic E-state index is 13.8. The molecule has 0 aliphatic heterocycles. The molecule has 1 aromatic rings. The molecule has 2 amide bonds. The van der Waals surface area contributed by atoms with Crippen LogP contribution in [0.4, 0.5) is 10.1 Å². The van der Waals surface area contributed by atoms with Crippen LogP contribution in [-0.4, -0.2) is 28.9 Å². The first-order chi connectivity index (χ1) is 10.2. The van der Waals surface area contributed by atoms with Gasteiger partial charge in [-0.05, 0) is 30.5 Å². The topological polar surface area (TPSA) is 95.5 Å². The molecule has 0 aliphatic rings. The average Bonchev–Trinajstić information content (AvgIpc) is 2.38. The molecule has 120 valence electrons. The maximum Gasteiger partial charge on any atom is 0.326 e. The number of halogens is 1. The van der Waals surface area contributed by atoms with Crippen molar-refractivity contribution in [3.05, 3.63) is 29.6 Å². The molecule has 0 heterocycles. The normalized spacial score (nSPS) is 11.9. The quantitative estimate of drug-likeness (QED) is 0.749. The van der Waals surface area contributed by atoms with Crippen LogP contribution in [0.25, 0.3) is 0 Å². The third-order valence-corrected chi connectivity index (χ3v) is 2.84. The van der Waals surface area contributed by atoms with Gasteiger partial charge < -0.3 is 15.7 Å². The molecule has 1 atom stereocenters. The second-order valence-electron chi connectivity index (χ2n) is 5.37. The lowest BCUT2D eigenvalue weighted by molar-refractivity contribution is -0.139. The number of hydrogen-bond acceptors (Lipinski definition) is 3. The molecule has 7 heteroatoms. The standard InChI is InChI=1S/C15H19FN2O4/c1-8(2)6-13(15(21)22)18-14(20)11-7-10(17-9(3)19)4-5-12(11)16/h4-5,7-8,13H,6H2,1-3H3,(H,17,19)(H,18,20)(H,21,22)/t13-/m0/s1. The summed E-state index contributed by atoms with van der Waals surface area (Å²) in [5.74, 6) is -3.11. The molecule has 0 fully saturated rings. The van der Waals surface area contributed by atoms with Gasteiger partial charge in [0.1, 0.15) is 11.9 Å². The van der Waals surface area contributed by atoms with Crippen molar-refractivity contribution in [2.45, 2.75) is 33.2 Å². The zero-order valence-electron chi connectivity index (χ0n) is 12.6. The lowest BCUT2D eigenvalue weighted by atomic mass is 10.0. The number of carbonyl (C=O) groups excluding carboxylic acids is 2. The van der Waals surface area contributed by atoms with E-state index in [4.69, 9.17) is 5.11 Å². The van der Waals surface area contributed by atoms with E-state index in [1.807, 2.05) is 13.8 Å². The number of benzene rings is 1. The molecule has 1 aromatic carbocycles.